The second-order valence-electron chi connectivity index (χ2n) is 5.12. The highest BCUT2D eigenvalue weighted by atomic mass is 19.4. The van der Waals surface area contributed by atoms with Crippen molar-refractivity contribution in [2.75, 3.05) is 6.61 Å². The predicted molar refractivity (Wildman–Crippen MR) is 67.3 cm³/mol. The fourth-order valence-corrected chi connectivity index (χ4v) is 2.07. The van der Waals surface area contributed by atoms with Crippen LogP contribution >= 0.6 is 0 Å². The second-order valence-corrected chi connectivity index (χ2v) is 5.12. The van der Waals surface area contributed by atoms with E-state index in [4.69, 9.17) is 4.74 Å². The summed E-state index contributed by atoms with van der Waals surface area (Å²) in [5.41, 5.74) is 2.58. The zero-order valence-corrected chi connectivity index (χ0v) is 11.1. The van der Waals surface area contributed by atoms with Gasteiger partial charge in [-0.15, -0.1) is 0 Å². The first-order chi connectivity index (χ1) is 8.85. The Labute approximate surface area is 111 Å². The van der Waals surface area contributed by atoms with E-state index in [1.807, 2.05) is 12.1 Å². The first kappa shape index (κ1) is 14.2. The summed E-state index contributed by atoms with van der Waals surface area (Å²) in [5, 5.41) is 3.38. The number of rotatable bonds is 5. The third-order valence-electron chi connectivity index (χ3n) is 3.07. The molecule has 0 bridgehead atoms. The summed E-state index contributed by atoms with van der Waals surface area (Å²) >= 11 is 0. The molecule has 2 rings (SSSR count). The Kier molecular flexibility index (Phi) is 4.04. The summed E-state index contributed by atoms with van der Waals surface area (Å²) in [5.74, 6) is 0.340. The van der Waals surface area contributed by atoms with E-state index in [-0.39, 0.29) is 0 Å². The number of halogens is 3. The zero-order chi connectivity index (χ0) is 14.0. The molecule has 0 radical (unpaired) electrons. The average Bonchev–Trinajstić information content (AvgIpc) is 3.07. The number of hydrogen-bond donors (Lipinski definition) is 1. The molecular formula is C14H18F3NO. The lowest BCUT2D eigenvalue weighted by molar-refractivity contribution is -0.153. The van der Waals surface area contributed by atoms with Crippen molar-refractivity contribution in [1.29, 1.82) is 0 Å². The van der Waals surface area contributed by atoms with Crippen LogP contribution in [0, 0.1) is 13.8 Å². The quantitative estimate of drug-likeness (QED) is 0.886. The van der Waals surface area contributed by atoms with Crippen molar-refractivity contribution in [1.82, 2.24) is 5.32 Å². The fourth-order valence-electron chi connectivity index (χ4n) is 2.07. The van der Waals surface area contributed by atoms with Crippen molar-refractivity contribution in [3.8, 4) is 5.75 Å². The van der Waals surface area contributed by atoms with E-state index < -0.39 is 12.8 Å². The Morgan fingerprint density at radius 1 is 1.21 bits per heavy atom. The number of alkyl halides is 3. The summed E-state index contributed by atoms with van der Waals surface area (Å²) in [6.45, 7) is 3.07. The third-order valence-corrected chi connectivity index (χ3v) is 3.07. The highest BCUT2D eigenvalue weighted by Crippen LogP contribution is 2.27. The van der Waals surface area contributed by atoms with Crippen LogP contribution < -0.4 is 10.1 Å². The van der Waals surface area contributed by atoms with Crippen LogP contribution in [0.3, 0.4) is 0 Å². The summed E-state index contributed by atoms with van der Waals surface area (Å²) in [7, 11) is 0. The molecule has 1 aromatic rings. The lowest BCUT2D eigenvalue weighted by atomic mass is 10.1. The first-order valence-corrected chi connectivity index (χ1v) is 6.38. The molecule has 2 nitrogen and oxygen atoms in total. The van der Waals surface area contributed by atoms with Crippen LogP contribution in [0.15, 0.2) is 12.1 Å². The monoisotopic (exact) mass is 273 g/mol. The molecule has 1 N–H and O–H groups in total. The lowest BCUT2D eigenvalue weighted by Crippen LogP contribution is -2.20. The van der Waals surface area contributed by atoms with Crippen molar-refractivity contribution < 1.29 is 17.9 Å². The SMILES string of the molecule is Cc1cc(CNC2CC2)cc(C)c1OCC(F)(F)F. The molecule has 1 aliphatic rings. The molecule has 0 unspecified atom stereocenters. The highest BCUT2D eigenvalue weighted by molar-refractivity contribution is 5.43. The smallest absolute Gasteiger partial charge is 0.422 e. The Hall–Kier alpha value is -1.23. The van der Waals surface area contributed by atoms with Gasteiger partial charge in [0.05, 0.1) is 0 Å². The molecule has 1 aromatic carbocycles. The van der Waals surface area contributed by atoms with E-state index in [0.717, 1.165) is 23.2 Å². The van der Waals surface area contributed by atoms with Gasteiger partial charge in [0.2, 0.25) is 0 Å². The number of benzene rings is 1. The van der Waals surface area contributed by atoms with Crippen LogP contribution in [0.25, 0.3) is 0 Å². The first-order valence-electron chi connectivity index (χ1n) is 6.38. The molecule has 0 aliphatic heterocycles. The summed E-state index contributed by atoms with van der Waals surface area (Å²) in [4.78, 5) is 0. The van der Waals surface area contributed by atoms with Crippen molar-refractivity contribution in [3.05, 3.63) is 28.8 Å². The average molecular weight is 273 g/mol. The third kappa shape index (κ3) is 4.42. The Bertz CT molecular complexity index is 429. The van der Waals surface area contributed by atoms with E-state index >= 15 is 0 Å². The van der Waals surface area contributed by atoms with Crippen LogP contribution in [0.1, 0.15) is 29.5 Å². The molecule has 19 heavy (non-hydrogen) atoms. The van der Waals surface area contributed by atoms with E-state index in [2.05, 4.69) is 5.32 Å². The molecule has 0 atom stereocenters. The number of hydrogen-bond acceptors (Lipinski definition) is 2. The maximum atomic E-state index is 12.2. The van der Waals surface area contributed by atoms with Gasteiger partial charge in [-0.1, -0.05) is 12.1 Å². The molecule has 106 valence electrons. The Balaban J connectivity index is 2.03. The van der Waals surface area contributed by atoms with Gasteiger partial charge in [0.1, 0.15) is 5.75 Å². The number of ether oxygens (including phenoxy) is 1. The predicted octanol–water partition coefficient (Wildman–Crippen LogP) is 3.50. The number of nitrogens with one attached hydrogen (secondary N) is 1. The standard InChI is InChI=1S/C14H18F3NO/c1-9-5-11(7-18-12-3-4-12)6-10(2)13(9)19-8-14(15,16)17/h5-6,12,18H,3-4,7-8H2,1-2H3. The van der Waals surface area contributed by atoms with Gasteiger partial charge in [-0.05, 0) is 43.4 Å². The van der Waals surface area contributed by atoms with E-state index in [0.29, 0.717) is 11.8 Å². The maximum Gasteiger partial charge on any atom is 0.422 e. The minimum atomic E-state index is -4.30. The minimum absolute atomic E-state index is 0.340. The van der Waals surface area contributed by atoms with Crippen molar-refractivity contribution in [2.24, 2.45) is 0 Å². The molecule has 5 heteroatoms. The van der Waals surface area contributed by atoms with Gasteiger partial charge in [-0.25, -0.2) is 0 Å². The van der Waals surface area contributed by atoms with Crippen LogP contribution in [0.5, 0.6) is 5.75 Å². The molecular weight excluding hydrogens is 255 g/mol. The van der Waals surface area contributed by atoms with E-state index in [1.54, 1.807) is 13.8 Å². The Morgan fingerprint density at radius 2 is 1.79 bits per heavy atom. The lowest BCUT2D eigenvalue weighted by Gasteiger charge is -2.15. The summed E-state index contributed by atoms with van der Waals surface area (Å²) in [6, 6.07) is 4.38. The number of aryl methyl sites for hydroxylation is 2. The highest BCUT2D eigenvalue weighted by Gasteiger charge is 2.29. The van der Waals surface area contributed by atoms with Crippen LogP contribution in [-0.4, -0.2) is 18.8 Å². The molecule has 1 fully saturated rings. The Morgan fingerprint density at radius 3 is 2.26 bits per heavy atom. The largest absolute Gasteiger partial charge is 0.484 e. The van der Waals surface area contributed by atoms with Gasteiger partial charge < -0.3 is 10.1 Å². The van der Waals surface area contributed by atoms with E-state index in [1.165, 1.54) is 12.8 Å². The van der Waals surface area contributed by atoms with Gasteiger partial charge in [0, 0.05) is 12.6 Å². The van der Waals surface area contributed by atoms with Gasteiger partial charge in [-0.2, -0.15) is 13.2 Å². The van der Waals surface area contributed by atoms with Crippen molar-refractivity contribution in [2.45, 2.75) is 45.5 Å². The molecule has 1 aliphatic carbocycles. The minimum Gasteiger partial charge on any atom is -0.484 e. The van der Waals surface area contributed by atoms with Crippen molar-refractivity contribution in [3.63, 3.8) is 0 Å². The fraction of sp³-hybridized carbons (Fsp3) is 0.571. The molecule has 0 aromatic heterocycles. The topological polar surface area (TPSA) is 21.3 Å². The summed E-state index contributed by atoms with van der Waals surface area (Å²) < 4.78 is 41.4. The second kappa shape index (κ2) is 5.41. The summed E-state index contributed by atoms with van der Waals surface area (Å²) in [6.07, 6.45) is -1.87. The van der Waals surface area contributed by atoms with Gasteiger partial charge >= 0.3 is 6.18 Å². The zero-order valence-electron chi connectivity index (χ0n) is 11.1. The van der Waals surface area contributed by atoms with Crippen LogP contribution in [0.4, 0.5) is 13.2 Å². The molecule has 1 saturated carbocycles. The molecule has 0 heterocycles. The van der Waals surface area contributed by atoms with Gasteiger partial charge in [0.15, 0.2) is 6.61 Å². The van der Waals surface area contributed by atoms with Crippen LogP contribution in [-0.2, 0) is 6.54 Å². The van der Waals surface area contributed by atoms with Gasteiger partial charge in [0.25, 0.3) is 0 Å². The van der Waals surface area contributed by atoms with Gasteiger partial charge in [-0.3, -0.25) is 0 Å². The molecule has 0 saturated heterocycles. The molecule has 0 amide bonds. The normalized spacial score (nSPS) is 15.6. The van der Waals surface area contributed by atoms with Crippen molar-refractivity contribution >= 4 is 0 Å². The maximum absolute atomic E-state index is 12.2. The molecule has 0 spiro atoms. The van der Waals surface area contributed by atoms with E-state index in [9.17, 15) is 13.2 Å². The van der Waals surface area contributed by atoms with Crippen LogP contribution in [0.2, 0.25) is 0 Å².